The predicted octanol–water partition coefficient (Wildman–Crippen LogP) is 2.78. The van der Waals surface area contributed by atoms with Gasteiger partial charge in [0.25, 0.3) is 0 Å². The average Bonchev–Trinajstić information content (AvgIpc) is 2.78. The molecule has 25 heavy (non-hydrogen) atoms. The highest BCUT2D eigenvalue weighted by molar-refractivity contribution is 5.98. The number of rotatable bonds is 1. The zero-order chi connectivity index (χ0) is 18.4. The minimum absolute atomic E-state index is 0.0546. The van der Waals surface area contributed by atoms with E-state index in [4.69, 9.17) is 14.6 Å². The van der Waals surface area contributed by atoms with Crippen LogP contribution in [0.1, 0.15) is 59.9 Å². The van der Waals surface area contributed by atoms with Crippen molar-refractivity contribution in [1.29, 1.82) is 0 Å². The van der Waals surface area contributed by atoms with Crippen LogP contribution in [0.25, 0.3) is 0 Å². The SMILES string of the molecule is CC(C)(C)OC(=O)N1CCC2(CC1)OC(=O)c1cc(C(=O)O)ccc12. The van der Waals surface area contributed by atoms with Gasteiger partial charge in [-0.3, -0.25) is 0 Å². The monoisotopic (exact) mass is 347 g/mol. The van der Waals surface area contributed by atoms with Crippen LogP contribution in [0.4, 0.5) is 4.79 Å². The lowest BCUT2D eigenvalue weighted by Crippen LogP contribution is -2.47. The number of carbonyl (C=O) groups is 3. The number of hydrogen-bond donors (Lipinski definition) is 1. The summed E-state index contributed by atoms with van der Waals surface area (Å²) in [5, 5.41) is 9.08. The first kappa shape index (κ1) is 17.3. The fraction of sp³-hybridized carbons (Fsp3) is 0.500. The number of carboxylic acids is 1. The van der Waals surface area contributed by atoms with Crippen LogP contribution in [-0.2, 0) is 15.1 Å². The van der Waals surface area contributed by atoms with E-state index >= 15 is 0 Å². The van der Waals surface area contributed by atoms with Gasteiger partial charge < -0.3 is 19.5 Å². The molecule has 1 saturated heterocycles. The van der Waals surface area contributed by atoms with E-state index in [9.17, 15) is 14.4 Å². The lowest BCUT2D eigenvalue weighted by molar-refractivity contribution is -0.0470. The van der Waals surface area contributed by atoms with E-state index in [0.29, 0.717) is 37.1 Å². The highest BCUT2D eigenvalue weighted by Crippen LogP contribution is 2.44. The Bertz CT molecular complexity index is 740. The maximum absolute atomic E-state index is 12.2. The third-order valence-electron chi connectivity index (χ3n) is 4.49. The Balaban J connectivity index is 1.78. The van der Waals surface area contributed by atoms with Crippen molar-refractivity contribution < 1.29 is 29.0 Å². The summed E-state index contributed by atoms with van der Waals surface area (Å²) < 4.78 is 11.0. The van der Waals surface area contributed by atoms with Gasteiger partial charge >= 0.3 is 18.0 Å². The highest BCUT2D eigenvalue weighted by atomic mass is 16.6. The van der Waals surface area contributed by atoms with Crippen molar-refractivity contribution >= 4 is 18.0 Å². The molecule has 0 saturated carbocycles. The Hall–Kier alpha value is -2.57. The summed E-state index contributed by atoms with van der Waals surface area (Å²) in [4.78, 5) is 37.1. The van der Waals surface area contributed by atoms with Gasteiger partial charge in [0.15, 0.2) is 0 Å². The topological polar surface area (TPSA) is 93.1 Å². The van der Waals surface area contributed by atoms with Crippen molar-refractivity contribution in [2.24, 2.45) is 0 Å². The Labute approximate surface area is 145 Å². The molecule has 1 aromatic rings. The molecule has 2 aliphatic heterocycles. The van der Waals surface area contributed by atoms with Crippen molar-refractivity contribution in [2.45, 2.75) is 44.8 Å². The maximum Gasteiger partial charge on any atom is 0.410 e. The molecule has 7 heteroatoms. The molecule has 3 rings (SSSR count). The molecule has 1 spiro atoms. The van der Waals surface area contributed by atoms with Crippen LogP contribution in [-0.4, -0.2) is 46.7 Å². The normalized spacial score (nSPS) is 18.7. The van der Waals surface area contributed by atoms with Gasteiger partial charge in [-0.1, -0.05) is 6.07 Å². The van der Waals surface area contributed by atoms with Gasteiger partial charge in [-0.25, -0.2) is 14.4 Å². The summed E-state index contributed by atoms with van der Waals surface area (Å²) in [6.45, 7) is 6.24. The Morgan fingerprint density at radius 2 is 1.88 bits per heavy atom. The molecule has 1 aromatic carbocycles. The van der Waals surface area contributed by atoms with Gasteiger partial charge in [-0.15, -0.1) is 0 Å². The van der Waals surface area contributed by atoms with E-state index < -0.39 is 23.1 Å². The number of nitrogens with zero attached hydrogens (tertiary/aromatic N) is 1. The van der Waals surface area contributed by atoms with Crippen molar-refractivity contribution in [3.8, 4) is 0 Å². The Morgan fingerprint density at radius 1 is 1.24 bits per heavy atom. The summed E-state index contributed by atoms with van der Waals surface area (Å²) in [6, 6.07) is 4.48. The first-order chi connectivity index (χ1) is 11.6. The fourth-order valence-electron chi connectivity index (χ4n) is 3.28. The molecule has 0 unspecified atom stereocenters. The van der Waals surface area contributed by atoms with E-state index in [1.165, 1.54) is 12.1 Å². The number of fused-ring (bicyclic) bond motifs is 2. The molecular formula is C18H21NO6. The molecule has 0 radical (unpaired) electrons. The molecule has 2 heterocycles. The predicted molar refractivity (Wildman–Crippen MR) is 87.5 cm³/mol. The number of hydrogen-bond acceptors (Lipinski definition) is 5. The largest absolute Gasteiger partial charge is 0.478 e. The van der Waals surface area contributed by atoms with Crippen LogP contribution < -0.4 is 0 Å². The molecule has 0 aromatic heterocycles. The van der Waals surface area contributed by atoms with Crippen molar-refractivity contribution in [3.05, 3.63) is 34.9 Å². The number of ether oxygens (including phenoxy) is 2. The lowest BCUT2D eigenvalue weighted by Gasteiger charge is -2.38. The Kier molecular flexibility index (Phi) is 3.97. The van der Waals surface area contributed by atoms with Crippen molar-refractivity contribution in [2.75, 3.05) is 13.1 Å². The zero-order valence-corrected chi connectivity index (χ0v) is 14.5. The van der Waals surface area contributed by atoms with Crippen molar-refractivity contribution in [1.82, 2.24) is 4.90 Å². The number of amides is 1. The second-order valence-corrected chi connectivity index (χ2v) is 7.42. The minimum atomic E-state index is -1.09. The molecule has 1 N–H and O–H groups in total. The maximum atomic E-state index is 12.2. The van der Waals surface area contributed by atoms with Crippen LogP contribution in [0.2, 0.25) is 0 Å². The third-order valence-corrected chi connectivity index (χ3v) is 4.49. The standard InChI is InChI=1S/C18H21NO6/c1-17(2,3)25-16(23)19-8-6-18(7-9-19)13-5-4-11(14(20)21)10-12(13)15(22)24-18/h4-5,10H,6-9H2,1-3H3,(H,20,21). The van der Waals surface area contributed by atoms with Crippen LogP contribution in [0.5, 0.6) is 0 Å². The smallest absolute Gasteiger partial charge is 0.410 e. The van der Waals surface area contributed by atoms with E-state index in [2.05, 4.69) is 0 Å². The minimum Gasteiger partial charge on any atom is -0.478 e. The molecule has 0 aliphatic carbocycles. The second-order valence-electron chi connectivity index (χ2n) is 7.42. The van der Waals surface area contributed by atoms with Gasteiger partial charge in [0.2, 0.25) is 0 Å². The summed E-state index contributed by atoms with van der Waals surface area (Å²) in [6.07, 6.45) is 0.530. The molecular weight excluding hydrogens is 326 g/mol. The summed E-state index contributed by atoms with van der Waals surface area (Å²) in [5.74, 6) is -1.60. The van der Waals surface area contributed by atoms with E-state index in [-0.39, 0.29) is 11.7 Å². The first-order valence-electron chi connectivity index (χ1n) is 8.20. The molecule has 2 aliphatic rings. The number of aromatic carboxylic acids is 1. The molecule has 1 amide bonds. The fourth-order valence-corrected chi connectivity index (χ4v) is 3.28. The van der Waals surface area contributed by atoms with E-state index in [1.54, 1.807) is 11.0 Å². The lowest BCUT2D eigenvalue weighted by atomic mass is 9.83. The number of likely N-dealkylation sites (tertiary alicyclic amines) is 1. The van der Waals surface area contributed by atoms with Crippen molar-refractivity contribution in [3.63, 3.8) is 0 Å². The van der Waals surface area contributed by atoms with Crippen LogP contribution in [0, 0.1) is 0 Å². The summed E-state index contributed by atoms with van der Waals surface area (Å²) in [7, 11) is 0. The number of carbonyl (C=O) groups excluding carboxylic acids is 2. The van der Waals surface area contributed by atoms with Crippen LogP contribution in [0.15, 0.2) is 18.2 Å². The van der Waals surface area contributed by atoms with E-state index in [0.717, 1.165) is 0 Å². The number of carboxylic acid groups (broad SMARTS) is 1. The van der Waals surface area contributed by atoms with Gasteiger partial charge in [0, 0.05) is 31.5 Å². The number of esters is 1. The average molecular weight is 347 g/mol. The van der Waals surface area contributed by atoms with Crippen LogP contribution >= 0.6 is 0 Å². The van der Waals surface area contributed by atoms with Gasteiger partial charge in [0.1, 0.15) is 11.2 Å². The second kappa shape index (κ2) is 5.75. The van der Waals surface area contributed by atoms with Gasteiger partial charge in [-0.2, -0.15) is 0 Å². The Morgan fingerprint density at radius 3 is 2.44 bits per heavy atom. The number of piperidine rings is 1. The highest BCUT2D eigenvalue weighted by Gasteiger charge is 2.48. The summed E-state index contributed by atoms with van der Waals surface area (Å²) >= 11 is 0. The van der Waals surface area contributed by atoms with Gasteiger partial charge in [0.05, 0.1) is 11.1 Å². The third kappa shape index (κ3) is 3.18. The number of benzene rings is 1. The first-order valence-corrected chi connectivity index (χ1v) is 8.20. The molecule has 1 fully saturated rings. The van der Waals surface area contributed by atoms with Gasteiger partial charge in [-0.05, 0) is 32.9 Å². The molecule has 0 bridgehead atoms. The molecule has 7 nitrogen and oxygen atoms in total. The molecule has 134 valence electrons. The zero-order valence-electron chi connectivity index (χ0n) is 14.5. The van der Waals surface area contributed by atoms with Crippen LogP contribution in [0.3, 0.4) is 0 Å². The van der Waals surface area contributed by atoms with E-state index in [1.807, 2.05) is 20.8 Å². The quantitative estimate of drug-likeness (QED) is 0.785. The summed E-state index contributed by atoms with van der Waals surface area (Å²) in [5.41, 5.74) is -0.302. The molecule has 0 atom stereocenters.